The number of halogens is 1. The molecule has 2 amide bonds. The topological polar surface area (TPSA) is 101 Å². The molecule has 36 heavy (non-hydrogen) atoms. The van der Waals surface area contributed by atoms with E-state index in [1.165, 1.54) is 12.1 Å². The van der Waals surface area contributed by atoms with Crippen molar-refractivity contribution in [1.29, 1.82) is 0 Å². The number of aromatic amines is 1. The first-order valence-corrected chi connectivity index (χ1v) is 11.6. The molecule has 0 unspecified atom stereocenters. The van der Waals surface area contributed by atoms with E-state index in [1.54, 1.807) is 66.5 Å². The summed E-state index contributed by atoms with van der Waals surface area (Å²) < 4.78 is 18.9. The molecule has 4 rings (SSSR count). The number of hydrogen-bond donors (Lipinski definition) is 2. The lowest BCUT2D eigenvalue weighted by molar-refractivity contribution is 0.0793. The molecule has 0 aliphatic heterocycles. The minimum Gasteiger partial charge on any atom is -0.488 e. The average molecular weight is 487 g/mol. The number of H-pyrrole nitrogens is 1. The zero-order valence-electron chi connectivity index (χ0n) is 19.9. The molecular weight excluding hydrogens is 459 g/mol. The molecule has 3 aromatic carbocycles. The van der Waals surface area contributed by atoms with Crippen LogP contribution in [0.5, 0.6) is 5.75 Å². The molecule has 184 valence electrons. The Hall–Kier alpha value is -4.46. The predicted octanol–water partition coefficient (Wildman–Crippen LogP) is 4.60. The van der Waals surface area contributed by atoms with Gasteiger partial charge in [0, 0.05) is 30.4 Å². The summed E-state index contributed by atoms with van der Waals surface area (Å²) in [7, 11) is 1.77. The van der Waals surface area contributed by atoms with Gasteiger partial charge in [-0.3, -0.25) is 14.7 Å². The van der Waals surface area contributed by atoms with Gasteiger partial charge in [-0.05, 0) is 73.0 Å². The van der Waals surface area contributed by atoms with Gasteiger partial charge < -0.3 is 15.4 Å². The van der Waals surface area contributed by atoms with E-state index in [0.717, 1.165) is 35.4 Å². The highest BCUT2D eigenvalue weighted by Gasteiger charge is 2.14. The predicted molar refractivity (Wildman–Crippen MR) is 135 cm³/mol. The van der Waals surface area contributed by atoms with Crippen molar-refractivity contribution in [1.82, 2.24) is 15.1 Å². The molecule has 4 aromatic rings. The van der Waals surface area contributed by atoms with Gasteiger partial charge >= 0.3 is 0 Å². The van der Waals surface area contributed by atoms with Crippen LogP contribution in [0.1, 0.15) is 38.4 Å². The van der Waals surface area contributed by atoms with E-state index in [-0.39, 0.29) is 18.3 Å². The molecule has 0 saturated heterocycles. The van der Waals surface area contributed by atoms with Crippen LogP contribution in [-0.2, 0) is 13.0 Å². The first-order chi connectivity index (χ1) is 17.4. The van der Waals surface area contributed by atoms with Crippen LogP contribution in [0.15, 0.2) is 78.9 Å². The van der Waals surface area contributed by atoms with Crippen LogP contribution in [0, 0.1) is 5.82 Å². The molecule has 0 radical (unpaired) electrons. The van der Waals surface area contributed by atoms with Crippen LogP contribution in [0.3, 0.4) is 0 Å². The molecule has 1 heterocycles. The van der Waals surface area contributed by atoms with E-state index in [0.29, 0.717) is 23.4 Å². The van der Waals surface area contributed by atoms with Gasteiger partial charge in [0.25, 0.3) is 11.8 Å². The Bertz CT molecular complexity index is 1350. The van der Waals surface area contributed by atoms with Crippen molar-refractivity contribution in [2.24, 2.45) is 5.73 Å². The van der Waals surface area contributed by atoms with Gasteiger partial charge in [0.1, 0.15) is 18.2 Å². The summed E-state index contributed by atoms with van der Waals surface area (Å²) >= 11 is 0. The van der Waals surface area contributed by atoms with E-state index < -0.39 is 5.91 Å². The van der Waals surface area contributed by atoms with Crippen molar-refractivity contribution in [3.05, 3.63) is 107 Å². The fraction of sp³-hybridized carbons (Fsp3) is 0.179. The largest absolute Gasteiger partial charge is 0.488 e. The molecule has 8 heteroatoms. The minimum atomic E-state index is -0.557. The maximum Gasteiger partial charge on any atom is 0.253 e. The quantitative estimate of drug-likeness (QED) is 0.342. The van der Waals surface area contributed by atoms with Gasteiger partial charge in [0.05, 0.1) is 11.3 Å². The second-order valence-electron chi connectivity index (χ2n) is 8.47. The Morgan fingerprint density at radius 2 is 1.81 bits per heavy atom. The summed E-state index contributed by atoms with van der Waals surface area (Å²) in [6, 6.07) is 22.1. The number of nitrogens with zero attached hydrogens (tertiary/aromatic N) is 2. The molecule has 0 spiro atoms. The van der Waals surface area contributed by atoms with Crippen LogP contribution in [0.4, 0.5) is 4.39 Å². The van der Waals surface area contributed by atoms with Crippen LogP contribution < -0.4 is 10.5 Å². The molecule has 0 fully saturated rings. The molecule has 7 nitrogen and oxygen atoms in total. The van der Waals surface area contributed by atoms with E-state index in [2.05, 4.69) is 10.2 Å². The number of amides is 2. The molecule has 0 bridgehead atoms. The number of nitrogens with one attached hydrogen (secondary N) is 1. The standard InChI is InChI=1S/C28H27FN4O3/c1-33(15-5-8-23-17-25(32-31-23)20-11-13-22(29)14-12-20)28(35)21-7-4-6-19(16-21)18-36-26-10-3-2-9-24(26)27(30)34/h2-4,6-7,9-14,16-17H,5,8,15,18H2,1H3,(H2,30,34)(H,31,32). The number of aromatic nitrogens is 2. The van der Waals surface area contributed by atoms with Gasteiger partial charge in [-0.2, -0.15) is 5.10 Å². The van der Waals surface area contributed by atoms with Crippen molar-refractivity contribution in [3.63, 3.8) is 0 Å². The summed E-state index contributed by atoms with van der Waals surface area (Å²) in [6.07, 6.45) is 1.47. The van der Waals surface area contributed by atoms with E-state index in [4.69, 9.17) is 10.5 Å². The zero-order chi connectivity index (χ0) is 25.5. The number of aryl methyl sites for hydroxylation is 1. The van der Waals surface area contributed by atoms with Crippen LogP contribution >= 0.6 is 0 Å². The second-order valence-corrected chi connectivity index (χ2v) is 8.47. The van der Waals surface area contributed by atoms with Crippen molar-refractivity contribution in [2.75, 3.05) is 13.6 Å². The molecule has 0 saturated carbocycles. The Morgan fingerprint density at radius 1 is 1.03 bits per heavy atom. The van der Waals surface area contributed by atoms with Gasteiger partial charge in [0.2, 0.25) is 0 Å². The lowest BCUT2D eigenvalue weighted by Crippen LogP contribution is -2.28. The number of para-hydroxylation sites is 1. The smallest absolute Gasteiger partial charge is 0.253 e. The monoisotopic (exact) mass is 486 g/mol. The number of benzene rings is 3. The third-order valence-electron chi connectivity index (χ3n) is 5.78. The summed E-state index contributed by atoms with van der Waals surface area (Å²) in [6.45, 7) is 0.766. The first kappa shape index (κ1) is 24.7. The highest BCUT2D eigenvalue weighted by atomic mass is 19.1. The number of carbonyl (C=O) groups is 2. The van der Waals surface area contributed by atoms with Crippen LogP contribution in [0.25, 0.3) is 11.3 Å². The van der Waals surface area contributed by atoms with Gasteiger partial charge in [-0.15, -0.1) is 0 Å². The Labute approximate surface area is 208 Å². The van der Waals surface area contributed by atoms with Crippen LogP contribution in [0.2, 0.25) is 0 Å². The SMILES string of the molecule is CN(CCCc1cc(-c2ccc(F)cc2)n[nH]1)C(=O)c1cccc(COc2ccccc2C(N)=O)c1. The number of nitrogens with two attached hydrogens (primary N) is 1. The van der Waals surface area contributed by atoms with Crippen molar-refractivity contribution < 1.29 is 18.7 Å². The molecule has 0 aliphatic rings. The zero-order valence-corrected chi connectivity index (χ0v) is 19.9. The van der Waals surface area contributed by atoms with E-state index in [1.807, 2.05) is 12.1 Å². The van der Waals surface area contributed by atoms with Gasteiger partial charge in [-0.1, -0.05) is 24.3 Å². The third kappa shape index (κ3) is 6.15. The number of hydrogen-bond acceptors (Lipinski definition) is 4. The van der Waals surface area contributed by atoms with Crippen molar-refractivity contribution in [2.45, 2.75) is 19.4 Å². The fourth-order valence-corrected chi connectivity index (χ4v) is 3.84. The number of carbonyl (C=O) groups excluding carboxylic acids is 2. The lowest BCUT2D eigenvalue weighted by Gasteiger charge is -2.17. The Kier molecular flexibility index (Phi) is 7.75. The summed E-state index contributed by atoms with van der Waals surface area (Å²) in [5, 5.41) is 7.30. The fourth-order valence-electron chi connectivity index (χ4n) is 3.84. The number of primary amides is 1. The van der Waals surface area contributed by atoms with E-state index in [9.17, 15) is 14.0 Å². The molecule has 3 N–H and O–H groups in total. The summed E-state index contributed by atoms with van der Waals surface area (Å²) in [4.78, 5) is 26.2. The van der Waals surface area contributed by atoms with Gasteiger partial charge in [-0.25, -0.2) is 4.39 Å². The van der Waals surface area contributed by atoms with E-state index >= 15 is 0 Å². The molecule has 0 atom stereocenters. The first-order valence-electron chi connectivity index (χ1n) is 11.6. The molecular formula is C28H27FN4O3. The number of ether oxygens (including phenoxy) is 1. The highest BCUT2D eigenvalue weighted by Crippen LogP contribution is 2.20. The van der Waals surface area contributed by atoms with Gasteiger partial charge in [0.15, 0.2) is 0 Å². The van der Waals surface area contributed by atoms with Crippen LogP contribution in [-0.4, -0.2) is 40.5 Å². The third-order valence-corrected chi connectivity index (χ3v) is 5.78. The van der Waals surface area contributed by atoms with Crippen molar-refractivity contribution >= 4 is 11.8 Å². The second kappa shape index (κ2) is 11.3. The highest BCUT2D eigenvalue weighted by molar-refractivity contribution is 5.95. The average Bonchev–Trinajstić information content (AvgIpc) is 3.36. The number of rotatable bonds is 10. The molecule has 1 aromatic heterocycles. The summed E-state index contributed by atoms with van der Waals surface area (Å²) in [5.74, 6) is -0.530. The summed E-state index contributed by atoms with van der Waals surface area (Å²) in [5.41, 5.74) is 9.62. The lowest BCUT2D eigenvalue weighted by atomic mass is 10.1. The maximum atomic E-state index is 13.1. The van der Waals surface area contributed by atoms with Crippen molar-refractivity contribution in [3.8, 4) is 17.0 Å². The Morgan fingerprint density at radius 3 is 2.58 bits per heavy atom. The Balaban J connectivity index is 1.30. The molecule has 0 aliphatic carbocycles. The normalized spacial score (nSPS) is 10.7. The maximum absolute atomic E-state index is 13.1. The minimum absolute atomic E-state index is 0.0917.